The Bertz CT molecular complexity index is 670. The van der Waals surface area contributed by atoms with Crippen LogP contribution in [-0.4, -0.2) is 40.9 Å². The summed E-state index contributed by atoms with van der Waals surface area (Å²) in [4.78, 5) is 23.8. The number of aryl methyl sites for hydroxylation is 1. The molecule has 0 unspecified atom stereocenters. The fraction of sp³-hybridized carbons (Fsp3) is 0.438. The van der Waals surface area contributed by atoms with Gasteiger partial charge in [-0.3, -0.25) is 4.79 Å². The minimum absolute atomic E-state index is 0.118. The summed E-state index contributed by atoms with van der Waals surface area (Å²) in [5.74, 6) is 1.37. The Morgan fingerprint density at radius 2 is 2.32 bits per heavy atom. The fourth-order valence-corrected chi connectivity index (χ4v) is 3.69. The van der Waals surface area contributed by atoms with Crippen molar-refractivity contribution in [2.45, 2.75) is 25.7 Å². The second-order valence-electron chi connectivity index (χ2n) is 5.58. The number of likely N-dealkylation sites (tertiary alicyclic amines) is 1. The molecule has 1 aliphatic heterocycles. The van der Waals surface area contributed by atoms with Crippen molar-refractivity contribution >= 4 is 23.1 Å². The number of rotatable bonds is 3. The lowest BCUT2D eigenvalue weighted by atomic mass is 9.91. The van der Waals surface area contributed by atoms with E-state index in [-0.39, 0.29) is 5.91 Å². The number of nitrogens with zero attached hydrogens (tertiary/aromatic N) is 3. The first-order valence-electron chi connectivity index (χ1n) is 7.52. The number of carbonyl (C=O) groups excluding carboxylic acids is 1. The van der Waals surface area contributed by atoms with Crippen molar-refractivity contribution in [3.05, 3.63) is 40.0 Å². The molecule has 1 fully saturated rings. The summed E-state index contributed by atoms with van der Waals surface area (Å²) in [5.41, 5.74) is 3.82. The number of hydrogen-bond donors (Lipinski definition) is 1. The first-order chi connectivity index (χ1) is 10.7. The van der Waals surface area contributed by atoms with Crippen LogP contribution in [0, 0.1) is 6.92 Å². The molecule has 0 aliphatic carbocycles. The molecule has 1 atom stereocenters. The predicted molar refractivity (Wildman–Crippen MR) is 88.5 cm³/mol. The summed E-state index contributed by atoms with van der Waals surface area (Å²) >= 11 is 1.43. The summed E-state index contributed by atoms with van der Waals surface area (Å²) in [6.45, 7) is 3.49. The van der Waals surface area contributed by atoms with Crippen LogP contribution in [0.3, 0.4) is 0 Å². The second kappa shape index (κ2) is 6.44. The molecule has 6 heteroatoms. The fourth-order valence-electron chi connectivity index (χ4n) is 2.92. The van der Waals surface area contributed by atoms with Gasteiger partial charge in [-0.25, -0.2) is 9.97 Å². The van der Waals surface area contributed by atoms with E-state index >= 15 is 0 Å². The monoisotopic (exact) mass is 316 g/mol. The van der Waals surface area contributed by atoms with Crippen LogP contribution in [0.4, 0.5) is 5.82 Å². The molecule has 5 nitrogen and oxygen atoms in total. The van der Waals surface area contributed by atoms with Crippen molar-refractivity contribution in [2.24, 2.45) is 0 Å². The molecule has 0 radical (unpaired) electrons. The van der Waals surface area contributed by atoms with Crippen molar-refractivity contribution in [3.63, 3.8) is 0 Å². The summed E-state index contributed by atoms with van der Waals surface area (Å²) < 4.78 is 0. The third-order valence-electron chi connectivity index (χ3n) is 4.16. The number of hydrogen-bond acceptors (Lipinski definition) is 5. The maximum atomic E-state index is 12.7. The van der Waals surface area contributed by atoms with Crippen molar-refractivity contribution in [2.75, 3.05) is 25.5 Å². The van der Waals surface area contributed by atoms with Gasteiger partial charge in [-0.2, -0.15) is 0 Å². The zero-order chi connectivity index (χ0) is 15.5. The third-order valence-corrected chi connectivity index (χ3v) is 5.08. The lowest BCUT2D eigenvalue weighted by Gasteiger charge is -2.33. The maximum absolute atomic E-state index is 12.7. The summed E-state index contributed by atoms with van der Waals surface area (Å²) in [5, 5.41) is 3.07. The Kier molecular flexibility index (Phi) is 4.38. The largest absolute Gasteiger partial charge is 0.373 e. The smallest absolute Gasteiger partial charge is 0.265 e. The maximum Gasteiger partial charge on any atom is 0.265 e. The van der Waals surface area contributed by atoms with Gasteiger partial charge in [-0.05, 0) is 37.5 Å². The standard InChI is InChI=1S/C16H20N4OS/c1-11-15(22-10-19-11)16(21)20-7-3-4-13(9-20)12-5-6-18-14(8-12)17-2/h5-6,8,10,13H,3-4,7,9H2,1-2H3,(H,17,18)/t13-/m0/s1. The van der Waals surface area contributed by atoms with E-state index in [1.165, 1.54) is 16.9 Å². The molecule has 2 aromatic heterocycles. The molecule has 1 N–H and O–H groups in total. The Morgan fingerprint density at radius 3 is 3.05 bits per heavy atom. The Labute approximate surface area is 134 Å². The van der Waals surface area contributed by atoms with Crippen molar-refractivity contribution < 1.29 is 4.79 Å². The minimum Gasteiger partial charge on any atom is -0.373 e. The molecule has 116 valence electrons. The van der Waals surface area contributed by atoms with E-state index in [1.807, 2.05) is 25.1 Å². The SMILES string of the molecule is CNc1cc([C@H]2CCCN(C(=O)c3scnc3C)C2)ccn1. The summed E-state index contributed by atoms with van der Waals surface area (Å²) in [7, 11) is 1.87. The van der Waals surface area contributed by atoms with Gasteiger partial charge in [0.25, 0.3) is 5.91 Å². The van der Waals surface area contributed by atoms with Gasteiger partial charge in [0.05, 0.1) is 11.2 Å². The number of pyridine rings is 1. The van der Waals surface area contributed by atoms with Gasteiger partial charge in [0.2, 0.25) is 0 Å². The number of anilines is 1. The van der Waals surface area contributed by atoms with Crippen LogP contribution in [0.5, 0.6) is 0 Å². The molecule has 3 rings (SSSR count). The third kappa shape index (κ3) is 2.97. The normalized spacial score (nSPS) is 18.3. The predicted octanol–water partition coefficient (Wildman–Crippen LogP) is 2.91. The highest BCUT2D eigenvalue weighted by atomic mass is 32.1. The first-order valence-corrected chi connectivity index (χ1v) is 8.40. The molecular formula is C16H20N4OS. The van der Waals surface area contributed by atoms with E-state index in [9.17, 15) is 4.79 Å². The number of aromatic nitrogens is 2. The van der Waals surface area contributed by atoms with E-state index in [0.717, 1.165) is 42.3 Å². The van der Waals surface area contributed by atoms with Gasteiger partial charge < -0.3 is 10.2 Å². The average molecular weight is 316 g/mol. The molecule has 1 aliphatic rings. The van der Waals surface area contributed by atoms with E-state index in [0.29, 0.717) is 5.92 Å². The zero-order valence-corrected chi connectivity index (χ0v) is 13.7. The Hall–Kier alpha value is -1.95. The summed E-state index contributed by atoms with van der Waals surface area (Å²) in [6.07, 6.45) is 3.97. The molecule has 2 aromatic rings. The van der Waals surface area contributed by atoms with Crippen molar-refractivity contribution in [1.82, 2.24) is 14.9 Å². The molecule has 1 saturated heterocycles. The quantitative estimate of drug-likeness (QED) is 0.946. The van der Waals surface area contributed by atoms with Gasteiger partial charge >= 0.3 is 0 Å². The zero-order valence-electron chi connectivity index (χ0n) is 12.9. The number of nitrogens with one attached hydrogen (secondary N) is 1. The van der Waals surface area contributed by atoms with Crippen LogP contribution in [0.1, 0.15) is 39.7 Å². The lowest BCUT2D eigenvalue weighted by Crippen LogP contribution is -2.39. The van der Waals surface area contributed by atoms with Gasteiger partial charge in [-0.1, -0.05) is 0 Å². The topological polar surface area (TPSA) is 58.1 Å². The van der Waals surface area contributed by atoms with Crippen LogP contribution in [0.15, 0.2) is 23.8 Å². The Balaban J connectivity index is 1.76. The highest BCUT2D eigenvalue weighted by Crippen LogP contribution is 2.29. The molecular weight excluding hydrogens is 296 g/mol. The number of amides is 1. The van der Waals surface area contributed by atoms with Crippen molar-refractivity contribution in [1.29, 1.82) is 0 Å². The van der Waals surface area contributed by atoms with E-state index < -0.39 is 0 Å². The molecule has 0 spiro atoms. The van der Waals surface area contributed by atoms with E-state index in [1.54, 1.807) is 5.51 Å². The van der Waals surface area contributed by atoms with Crippen LogP contribution in [0.2, 0.25) is 0 Å². The van der Waals surface area contributed by atoms with Crippen LogP contribution >= 0.6 is 11.3 Å². The highest BCUT2D eigenvalue weighted by molar-refractivity contribution is 7.11. The molecule has 22 heavy (non-hydrogen) atoms. The molecule has 0 bridgehead atoms. The second-order valence-corrected chi connectivity index (χ2v) is 6.44. The molecule has 3 heterocycles. The molecule has 1 amide bonds. The van der Waals surface area contributed by atoms with Gasteiger partial charge in [0.1, 0.15) is 10.7 Å². The number of thiazole rings is 1. The van der Waals surface area contributed by atoms with Gasteiger partial charge in [0.15, 0.2) is 0 Å². The number of piperidine rings is 1. The molecule has 0 aromatic carbocycles. The van der Waals surface area contributed by atoms with Gasteiger partial charge in [-0.15, -0.1) is 11.3 Å². The van der Waals surface area contributed by atoms with Gasteiger partial charge in [0, 0.05) is 32.3 Å². The van der Waals surface area contributed by atoms with E-state index in [4.69, 9.17) is 0 Å². The van der Waals surface area contributed by atoms with Crippen LogP contribution in [0.25, 0.3) is 0 Å². The van der Waals surface area contributed by atoms with Crippen LogP contribution < -0.4 is 5.32 Å². The molecule has 0 saturated carbocycles. The minimum atomic E-state index is 0.118. The lowest BCUT2D eigenvalue weighted by molar-refractivity contribution is 0.0711. The Morgan fingerprint density at radius 1 is 1.45 bits per heavy atom. The number of carbonyl (C=O) groups is 1. The van der Waals surface area contributed by atoms with E-state index in [2.05, 4.69) is 27.4 Å². The van der Waals surface area contributed by atoms with Crippen molar-refractivity contribution in [3.8, 4) is 0 Å². The summed E-state index contributed by atoms with van der Waals surface area (Å²) in [6, 6.07) is 4.13. The average Bonchev–Trinajstić information content (AvgIpc) is 3.00. The highest BCUT2D eigenvalue weighted by Gasteiger charge is 2.27. The van der Waals surface area contributed by atoms with Crippen LogP contribution in [-0.2, 0) is 0 Å². The first kappa shape index (κ1) is 15.0.